The largest absolute Gasteiger partial charge is 0.495 e. The van der Waals surface area contributed by atoms with Crippen LogP contribution >= 0.6 is 0 Å². The average Bonchev–Trinajstić information content (AvgIpc) is 2.96. The third kappa shape index (κ3) is 3.96. The molecule has 1 aliphatic rings. The molecule has 2 rings (SSSR count). The van der Waals surface area contributed by atoms with Gasteiger partial charge in [0, 0.05) is 19.2 Å². The van der Waals surface area contributed by atoms with Gasteiger partial charge in [-0.15, -0.1) is 0 Å². The van der Waals surface area contributed by atoms with Crippen molar-refractivity contribution in [3.63, 3.8) is 0 Å². The molecule has 2 amide bonds. The molecular formula is C15H21N3O4. The van der Waals surface area contributed by atoms with Crippen molar-refractivity contribution in [2.45, 2.75) is 32.0 Å². The Morgan fingerprint density at radius 1 is 1.36 bits per heavy atom. The molecule has 7 heteroatoms. The highest BCUT2D eigenvalue weighted by Crippen LogP contribution is 2.28. The van der Waals surface area contributed by atoms with Gasteiger partial charge in [-0.05, 0) is 31.0 Å². The molecular weight excluding hydrogens is 286 g/mol. The summed E-state index contributed by atoms with van der Waals surface area (Å²) in [5.74, 6) is 0.0927. The number of amides is 2. The number of nitrogens with one attached hydrogen (secondary N) is 2. The summed E-state index contributed by atoms with van der Waals surface area (Å²) in [6, 6.07) is 5.03. The van der Waals surface area contributed by atoms with E-state index in [0.717, 1.165) is 6.42 Å². The van der Waals surface area contributed by atoms with Crippen LogP contribution in [-0.4, -0.2) is 37.7 Å². The first-order valence-corrected chi connectivity index (χ1v) is 7.15. The SMILES string of the molecule is COc1ccc(NC(=O)[C@@H]2CC[C@H](CN)O2)cc1NC(C)=O. The molecule has 0 bridgehead atoms. The van der Waals surface area contributed by atoms with E-state index in [1.54, 1.807) is 18.2 Å². The second-order valence-electron chi connectivity index (χ2n) is 5.15. The Morgan fingerprint density at radius 2 is 2.14 bits per heavy atom. The Labute approximate surface area is 129 Å². The van der Waals surface area contributed by atoms with Crippen LogP contribution in [-0.2, 0) is 14.3 Å². The van der Waals surface area contributed by atoms with Gasteiger partial charge >= 0.3 is 0 Å². The number of carbonyl (C=O) groups excluding carboxylic acids is 2. The summed E-state index contributed by atoms with van der Waals surface area (Å²) in [5.41, 5.74) is 6.60. The zero-order valence-electron chi connectivity index (χ0n) is 12.7. The minimum Gasteiger partial charge on any atom is -0.495 e. The second-order valence-corrected chi connectivity index (χ2v) is 5.15. The molecule has 1 saturated heterocycles. The molecule has 0 spiro atoms. The van der Waals surface area contributed by atoms with Crippen molar-refractivity contribution in [3.8, 4) is 5.75 Å². The van der Waals surface area contributed by atoms with Crippen LogP contribution in [0.25, 0.3) is 0 Å². The number of rotatable bonds is 5. The van der Waals surface area contributed by atoms with Crippen molar-refractivity contribution in [1.82, 2.24) is 0 Å². The summed E-state index contributed by atoms with van der Waals surface area (Å²) < 4.78 is 10.7. The van der Waals surface area contributed by atoms with Crippen LogP contribution < -0.4 is 21.1 Å². The molecule has 1 heterocycles. The van der Waals surface area contributed by atoms with E-state index in [4.69, 9.17) is 15.2 Å². The smallest absolute Gasteiger partial charge is 0.253 e. The highest BCUT2D eigenvalue weighted by molar-refractivity contribution is 5.96. The van der Waals surface area contributed by atoms with Gasteiger partial charge in [0.2, 0.25) is 5.91 Å². The van der Waals surface area contributed by atoms with Crippen molar-refractivity contribution in [1.29, 1.82) is 0 Å². The lowest BCUT2D eigenvalue weighted by molar-refractivity contribution is -0.126. The molecule has 1 aromatic rings. The van der Waals surface area contributed by atoms with E-state index in [9.17, 15) is 9.59 Å². The molecule has 22 heavy (non-hydrogen) atoms. The lowest BCUT2D eigenvalue weighted by Crippen LogP contribution is -2.29. The molecule has 7 nitrogen and oxygen atoms in total. The fourth-order valence-electron chi connectivity index (χ4n) is 2.37. The van der Waals surface area contributed by atoms with Crippen LogP contribution in [0, 0.1) is 0 Å². The standard InChI is InChI=1S/C15H21N3O4/c1-9(19)17-12-7-10(3-5-13(12)21-2)18-15(20)14-6-4-11(8-16)22-14/h3,5,7,11,14H,4,6,8,16H2,1-2H3,(H,17,19)(H,18,20)/t11-,14+/m1/s1. The predicted molar refractivity (Wildman–Crippen MR) is 82.9 cm³/mol. The van der Waals surface area contributed by atoms with Crippen molar-refractivity contribution in [2.75, 3.05) is 24.3 Å². The van der Waals surface area contributed by atoms with Crippen LogP contribution in [0.4, 0.5) is 11.4 Å². The average molecular weight is 307 g/mol. The van der Waals surface area contributed by atoms with Gasteiger partial charge in [0.15, 0.2) is 0 Å². The van der Waals surface area contributed by atoms with Crippen LogP contribution in [0.5, 0.6) is 5.75 Å². The quantitative estimate of drug-likeness (QED) is 0.756. The molecule has 0 radical (unpaired) electrons. The highest BCUT2D eigenvalue weighted by atomic mass is 16.5. The summed E-state index contributed by atoms with van der Waals surface area (Å²) in [4.78, 5) is 23.4. The van der Waals surface area contributed by atoms with E-state index in [-0.39, 0.29) is 17.9 Å². The number of hydrogen-bond acceptors (Lipinski definition) is 5. The monoisotopic (exact) mass is 307 g/mol. The Bertz CT molecular complexity index is 562. The van der Waals surface area contributed by atoms with Gasteiger partial charge in [0.05, 0.1) is 18.9 Å². The first-order chi connectivity index (χ1) is 10.5. The second kappa shape index (κ2) is 7.24. The maximum Gasteiger partial charge on any atom is 0.253 e. The number of hydrogen-bond donors (Lipinski definition) is 3. The summed E-state index contributed by atoms with van der Waals surface area (Å²) in [7, 11) is 1.51. The van der Waals surface area contributed by atoms with Crippen LogP contribution in [0.1, 0.15) is 19.8 Å². The Balaban J connectivity index is 2.06. The summed E-state index contributed by atoms with van der Waals surface area (Å²) >= 11 is 0. The fourth-order valence-corrected chi connectivity index (χ4v) is 2.37. The molecule has 4 N–H and O–H groups in total. The van der Waals surface area contributed by atoms with Gasteiger partial charge in [0.25, 0.3) is 5.91 Å². The van der Waals surface area contributed by atoms with E-state index in [1.165, 1.54) is 14.0 Å². The molecule has 0 aliphatic carbocycles. The van der Waals surface area contributed by atoms with E-state index >= 15 is 0 Å². The summed E-state index contributed by atoms with van der Waals surface area (Å²) in [5, 5.41) is 5.44. The third-order valence-electron chi connectivity index (χ3n) is 3.44. The molecule has 0 aromatic heterocycles. The first-order valence-electron chi connectivity index (χ1n) is 7.15. The van der Waals surface area contributed by atoms with Gasteiger partial charge in [-0.1, -0.05) is 0 Å². The Hall–Kier alpha value is -2.12. The molecule has 1 aliphatic heterocycles. The summed E-state index contributed by atoms with van der Waals surface area (Å²) in [6.07, 6.45) is 0.901. The molecule has 0 unspecified atom stereocenters. The number of anilines is 2. The lowest BCUT2D eigenvalue weighted by atomic mass is 10.2. The van der Waals surface area contributed by atoms with Gasteiger partial charge in [-0.25, -0.2) is 0 Å². The van der Waals surface area contributed by atoms with Crippen molar-refractivity contribution < 1.29 is 19.1 Å². The number of carbonyl (C=O) groups is 2. The van der Waals surface area contributed by atoms with Gasteiger partial charge in [-0.3, -0.25) is 9.59 Å². The third-order valence-corrected chi connectivity index (χ3v) is 3.44. The zero-order valence-corrected chi connectivity index (χ0v) is 12.7. The van der Waals surface area contributed by atoms with Crippen LogP contribution in [0.3, 0.4) is 0 Å². The van der Waals surface area contributed by atoms with Gasteiger partial charge in [-0.2, -0.15) is 0 Å². The van der Waals surface area contributed by atoms with E-state index in [0.29, 0.717) is 30.1 Å². The molecule has 1 aromatic carbocycles. The first kappa shape index (κ1) is 16.3. The van der Waals surface area contributed by atoms with Crippen molar-refractivity contribution >= 4 is 23.2 Å². The van der Waals surface area contributed by atoms with Crippen molar-refractivity contribution in [3.05, 3.63) is 18.2 Å². The minimum atomic E-state index is -0.486. The van der Waals surface area contributed by atoms with Crippen LogP contribution in [0.15, 0.2) is 18.2 Å². The van der Waals surface area contributed by atoms with E-state index in [2.05, 4.69) is 10.6 Å². The van der Waals surface area contributed by atoms with Gasteiger partial charge < -0.3 is 25.8 Å². The number of methoxy groups -OCH3 is 1. The zero-order chi connectivity index (χ0) is 16.1. The van der Waals surface area contributed by atoms with E-state index in [1.807, 2.05) is 0 Å². The Morgan fingerprint density at radius 3 is 2.73 bits per heavy atom. The topological polar surface area (TPSA) is 103 Å². The molecule has 2 atom stereocenters. The van der Waals surface area contributed by atoms with Gasteiger partial charge in [0.1, 0.15) is 11.9 Å². The lowest BCUT2D eigenvalue weighted by Gasteiger charge is -2.15. The minimum absolute atomic E-state index is 0.0541. The van der Waals surface area contributed by atoms with E-state index < -0.39 is 6.10 Å². The number of ether oxygens (including phenoxy) is 2. The normalized spacial score (nSPS) is 20.5. The maximum atomic E-state index is 12.2. The molecule has 1 fully saturated rings. The van der Waals surface area contributed by atoms with Crippen LogP contribution in [0.2, 0.25) is 0 Å². The fraction of sp³-hybridized carbons (Fsp3) is 0.467. The Kier molecular flexibility index (Phi) is 5.35. The highest BCUT2D eigenvalue weighted by Gasteiger charge is 2.29. The molecule has 0 saturated carbocycles. The number of benzene rings is 1. The number of nitrogens with two attached hydrogens (primary N) is 1. The maximum absolute atomic E-state index is 12.2. The predicted octanol–water partition coefficient (Wildman–Crippen LogP) is 1.10. The molecule has 120 valence electrons. The van der Waals surface area contributed by atoms with Crippen molar-refractivity contribution in [2.24, 2.45) is 5.73 Å². The summed E-state index contributed by atoms with van der Waals surface area (Å²) in [6.45, 7) is 1.82.